The Morgan fingerprint density at radius 1 is 1.29 bits per heavy atom. The predicted octanol–water partition coefficient (Wildman–Crippen LogP) is 2.85. The zero-order valence-corrected chi connectivity index (χ0v) is 8.07. The molecule has 0 aliphatic carbocycles. The molecule has 0 bridgehead atoms. The van der Waals surface area contributed by atoms with Crippen LogP contribution in [0.1, 0.15) is 12.5 Å². The summed E-state index contributed by atoms with van der Waals surface area (Å²) in [5.74, 6) is 0. The molecule has 1 aromatic heterocycles. The average Bonchev–Trinajstić information content (AvgIpc) is 2.23. The molecule has 2 N–H and O–H groups in total. The van der Waals surface area contributed by atoms with Gasteiger partial charge in [0.05, 0.1) is 11.2 Å². The van der Waals surface area contributed by atoms with Crippen molar-refractivity contribution >= 4 is 22.7 Å². The van der Waals surface area contributed by atoms with Gasteiger partial charge in [-0.1, -0.05) is 30.4 Å². The molecule has 0 fully saturated rings. The Balaban J connectivity index is 2.75. The number of aromatic nitrogens is 1. The molecule has 0 spiro atoms. The van der Waals surface area contributed by atoms with E-state index in [9.17, 15) is 0 Å². The van der Waals surface area contributed by atoms with Crippen LogP contribution in [0.25, 0.3) is 17.0 Å². The summed E-state index contributed by atoms with van der Waals surface area (Å²) >= 11 is 0. The molecule has 2 rings (SSSR count). The molecule has 0 aliphatic heterocycles. The fraction of sp³-hybridized carbons (Fsp3) is 0.0833. The van der Waals surface area contributed by atoms with Crippen molar-refractivity contribution in [2.24, 2.45) is 0 Å². The first-order valence-corrected chi connectivity index (χ1v) is 4.59. The highest BCUT2D eigenvalue weighted by Crippen LogP contribution is 2.23. The van der Waals surface area contributed by atoms with Crippen molar-refractivity contribution in [3.05, 3.63) is 42.1 Å². The van der Waals surface area contributed by atoms with Gasteiger partial charge in [0.25, 0.3) is 0 Å². The number of benzene rings is 1. The van der Waals surface area contributed by atoms with E-state index in [2.05, 4.69) is 4.98 Å². The number of pyridine rings is 1. The molecule has 0 aliphatic rings. The van der Waals surface area contributed by atoms with Gasteiger partial charge in [0, 0.05) is 11.6 Å². The number of nitrogen functional groups attached to an aromatic ring is 1. The summed E-state index contributed by atoms with van der Waals surface area (Å²) < 4.78 is 0. The van der Waals surface area contributed by atoms with Gasteiger partial charge in [-0.15, -0.1) is 0 Å². The lowest BCUT2D eigenvalue weighted by molar-refractivity contribution is 1.41. The van der Waals surface area contributed by atoms with E-state index in [1.807, 2.05) is 43.3 Å². The van der Waals surface area contributed by atoms with Gasteiger partial charge in [0.15, 0.2) is 0 Å². The van der Waals surface area contributed by atoms with Crippen molar-refractivity contribution in [1.82, 2.24) is 4.98 Å². The van der Waals surface area contributed by atoms with Crippen LogP contribution in [0.3, 0.4) is 0 Å². The van der Waals surface area contributed by atoms with Crippen LogP contribution >= 0.6 is 0 Å². The van der Waals surface area contributed by atoms with Gasteiger partial charge in [-0.3, -0.25) is 4.98 Å². The molecule has 0 saturated carbocycles. The Morgan fingerprint density at radius 2 is 2.14 bits per heavy atom. The van der Waals surface area contributed by atoms with Crippen LogP contribution in [0.4, 0.5) is 5.69 Å². The molecule has 0 atom stereocenters. The lowest BCUT2D eigenvalue weighted by atomic mass is 10.1. The Morgan fingerprint density at radius 3 is 2.93 bits per heavy atom. The van der Waals surface area contributed by atoms with Crippen LogP contribution < -0.4 is 5.73 Å². The monoisotopic (exact) mass is 184 g/mol. The van der Waals surface area contributed by atoms with Gasteiger partial charge in [-0.25, -0.2) is 0 Å². The fourth-order valence-electron chi connectivity index (χ4n) is 1.51. The van der Waals surface area contributed by atoms with Gasteiger partial charge >= 0.3 is 0 Å². The average molecular weight is 184 g/mol. The number of hydrogen-bond donors (Lipinski definition) is 1. The number of rotatable bonds is 1. The number of nitrogens with zero attached hydrogens (tertiary/aromatic N) is 1. The maximum absolute atomic E-state index is 5.99. The molecule has 0 radical (unpaired) electrons. The molecular formula is C12H12N2. The predicted molar refractivity (Wildman–Crippen MR) is 60.9 cm³/mol. The SMILES string of the molecule is C/C=C\c1ccc2cccnc2c1N. The second-order valence-electron chi connectivity index (χ2n) is 3.14. The molecule has 1 aromatic carbocycles. The minimum atomic E-state index is 0.751. The minimum Gasteiger partial charge on any atom is -0.396 e. The summed E-state index contributed by atoms with van der Waals surface area (Å²) in [6, 6.07) is 7.97. The highest BCUT2D eigenvalue weighted by Gasteiger charge is 2.01. The highest BCUT2D eigenvalue weighted by atomic mass is 14.7. The van der Waals surface area contributed by atoms with Crippen LogP contribution in [-0.4, -0.2) is 4.98 Å². The topological polar surface area (TPSA) is 38.9 Å². The second-order valence-corrected chi connectivity index (χ2v) is 3.14. The first kappa shape index (κ1) is 8.75. The van der Waals surface area contributed by atoms with Crippen molar-refractivity contribution in [2.45, 2.75) is 6.92 Å². The Kier molecular flexibility index (Phi) is 2.19. The Bertz CT molecular complexity index is 487. The quantitative estimate of drug-likeness (QED) is 0.692. The van der Waals surface area contributed by atoms with E-state index in [1.165, 1.54) is 0 Å². The van der Waals surface area contributed by atoms with Gasteiger partial charge in [0.1, 0.15) is 0 Å². The molecule has 2 nitrogen and oxygen atoms in total. The Hall–Kier alpha value is -1.83. The summed E-state index contributed by atoms with van der Waals surface area (Å²) in [5.41, 5.74) is 8.65. The normalized spacial score (nSPS) is 11.2. The van der Waals surface area contributed by atoms with E-state index in [4.69, 9.17) is 5.73 Å². The van der Waals surface area contributed by atoms with Crippen molar-refractivity contribution in [2.75, 3.05) is 5.73 Å². The van der Waals surface area contributed by atoms with Crippen molar-refractivity contribution in [3.8, 4) is 0 Å². The van der Waals surface area contributed by atoms with E-state index < -0.39 is 0 Å². The molecular weight excluding hydrogens is 172 g/mol. The molecule has 2 aromatic rings. The zero-order valence-electron chi connectivity index (χ0n) is 8.07. The molecule has 0 saturated heterocycles. The Labute approximate surface area is 83.1 Å². The largest absolute Gasteiger partial charge is 0.396 e. The number of allylic oxidation sites excluding steroid dienone is 1. The van der Waals surface area contributed by atoms with Crippen LogP contribution in [-0.2, 0) is 0 Å². The van der Waals surface area contributed by atoms with Crippen LogP contribution in [0.15, 0.2) is 36.5 Å². The zero-order chi connectivity index (χ0) is 9.97. The van der Waals surface area contributed by atoms with Gasteiger partial charge in [-0.05, 0) is 18.6 Å². The first-order valence-electron chi connectivity index (χ1n) is 4.59. The number of fused-ring (bicyclic) bond motifs is 1. The standard InChI is InChI=1S/C12H12N2/c1-2-4-9-6-7-10-5-3-8-14-12(10)11(9)13/h2-8H,13H2,1H3/b4-2-. The summed E-state index contributed by atoms with van der Waals surface area (Å²) in [7, 11) is 0. The third kappa shape index (κ3) is 1.35. The molecule has 0 amide bonds. The second kappa shape index (κ2) is 3.50. The smallest absolute Gasteiger partial charge is 0.0937 e. The number of hydrogen-bond acceptors (Lipinski definition) is 2. The minimum absolute atomic E-state index is 0.751. The maximum atomic E-state index is 5.99. The lowest BCUT2D eigenvalue weighted by Crippen LogP contribution is -1.92. The van der Waals surface area contributed by atoms with E-state index in [0.29, 0.717) is 0 Å². The molecule has 0 unspecified atom stereocenters. The summed E-state index contributed by atoms with van der Waals surface area (Å²) in [4.78, 5) is 4.26. The van der Waals surface area contributed by atoms with Gasteiger partial charge in [0.2, 0.25) is 0 Å². The molecule has 1 heterocycles. The third-order valence-electron chi connectivity index (χ3n) is 2.19. The van der Waals surface area contributed by atoms with Crippen molar-refractivity contribution in [3.63, 3.8) is 0 Å². The highest BCUT2D eigenvalue weighted by molar-refractivity contribution is 5.93. The first-order chi connectivity index (χ1) is 6.83. The van der Waals surface area contributed by atoms with Crippen LogP contribution in [0, 0.1) is 0 Å². The van der Waals surface area contributed by atoms with Crippen molar-refractivity contribution in [1.29, 1.82) is 0 Å². The number of anilines is 1. The van der Waals surface area contributed by atoms with E-state index in [0.717, 1.165) is 22.2 Å². The van der Waals surface area contributed by atoms with E-state index >= 15 is 0 Å². The number of nitrogens with two attached hydrogens (primary N) is 1. The van der Waals surface area contributed by atoms with E-state index in [1.54, 1.807) is 6.20 Å². The van der Waals surface area contributed by atoms with Crippen LogP contribution in [0.2, 0.25) is 0 Å². The van der Waals surface area contributed by atoms with Crippen LogP contribution in [0.5, 0.6) is 0 Å². The molecule has 2 heteroatoms. The summed E-state index contributed by atoms with van der Waals surface area (Å²) in [6.45, 7) is 1.97. The van der Waals surface area contributed by atoms with Gasteiger partial charge < -0.3 is 5.73 Å². The summed E-state index contributed by atoms with van der Waals surface area (Å²) in [6.07, 6.45) is 5.72. The maximum Gasteiger partial charge on any atom is 0.0937 e. The summed E-state index contributed by atoms with van der Waals surface area (Å²) in [5, 5.41) is 1.08. The van der Waals surface area contributed by atoms with E-state index in [-0.39, 0.29) is 0 Å². The molecule has 70 valence electrons. The van der Waals surface area contributed by atoms with Gasteiger partial charge in [-0.2, -0.15) is 0 Å². The fourth-order valence-corrected chi connectivity index (χ4v) is 1.51. The third-order valence-corrected chi connectivity index (χ3v) is 2.19. The lowest BCUT2D eigenvalue weighted by Gasteiger charge is -2.04. The molecule has 14 heavy (non-hydrogen) atoms. The van der Waals surface area contributed by atoms with Crippen molar-refractivity contribution < 1.29 is 0 Å².